The van der Waals surface area contributed by atoms with E-state index in [-0.39, 0.29) is 0 Å². The molecule has 0 atom stereocenters. The number of rotatable bonds is 2. The van der Waals surface area contributed by atoms with Crippen LogP contribution in [0.3, 0.4) is 0 Å². The van der Waals surface area contributed by atoms with Gasteiger partial charge in [-0.25, -0.2) is 0 Å². The maximum atomic E-state index is 4.85. The molecule has 0 amide bonds. The van der Waals surface area contributed by atoms with Gasteiger partial charge in [-0.1, -0.05) is 80.4 Å². The highest BCUT2D eigenvalue weighted by Crippen LogP contribution is 2.23. The number of nitrogens with zero attached hydrogens (tertiary/aromatic N) is 2. The van der Waals surface area contributed by atoms with Crippen molar-refractivity contribution in [1.82, 2.24) is 19.9 Å². The molecule has 5 aromatic rings. The Hall–Kier alpha value is -3.22. The molecule has 0 bridgehead atoms. The number of hydrogen-bond acceptors (Lipinski definition) is 2. The Labute approximate surface area is 214 Å². The molecule has 0 aliphatic carbocycles. The van der Waals surface area contributed by atoms with Gasteiger partial charge in [0.1, 0.15) is 0 Å². The Morgan fingerprint density at radius 1 is 0.559 bits per heavy atom. The molecule has 0 spiro atoms. The molecule has 1 aromatic heterocycles. The van der Waals surface area contributed by atoms with E-state index in [4.69, 9.17) is 9.97 Å². The smallest absolute Gasteiger partial charge is 0.0729 e. The molecule has 0 unspecified atom stereocenters. The summed E-state index contributed by atoms with van der Waals surface area (Å²) in [5.41, 5.74) is 5.87. The molecule has 4 aromatic carbocycles. The fraction of sp³-hybridized carbons (Fsp3) is 0.0714. The highest BCUT2D eigenvalue weighted by Gasteiger charge is 2.01. The number of halogens is 2. The van der Waals surface area contributed by atoms with Crippen molar-refractivity contribution in [1.29, 1.82) is 0 Å². The second-order valence-corrected chi connectivity index (χ2v) is 8.99. The molecule has 4 nitrogen and oxygen atoms in total. The molecule has 6 heteroatoms. The topological polar surface area (TPSA) is 57.4 Å². The summed E-state index contributed by atoms with van der Waals surface area (Å²) in [6, 6.07) is 24.8. The molecule has 2 N–H and O–H groups in total. The van der Waals surface area contributed by atoms with Crippen LogP contribution in [0, 0.1) is 0 Å². The van der Waals surface area contributed by atoms with Gasteiger partial charge in [-0.15, -0.1) is 0 Å². The summed E-state index contributed by atoms with van der Waals surface area (Å²) in [4.78, 5) is 16.7. The molecule has 0 aliphatic heterocycles. The van der Waals surface area contributed by atoms with Crippen LogP contribution in [0.15, 0.2) is 97.6 Å². The van der Waals surface area contributed by atoms with Crippen molar-refractivity contribution in [3.05, 3.63) is 109 Å². The summed E-state index contributed by atoms with van der Waals surface area (Å²) in [6.07, 6.45) is 7.80. The number of benzene rings is 4. The van der Waals surface area contributed by atoms with Crippen LogP contribution in [0.1, 0.15) is 11.1 Å². The summed E-state index contributed by atoms with van der Waals surface area (Å²) in [7, 11) is 0. The largest absolute Gasteiger partial charge is 0.361 e. The van der Waals surface area contributed by atoms with Crippen molar-refractivity contribution in [3.63, 3.8) is 0 Å². The summed E-state index contributed by atoms with van der Waals surface area (Å²) in [6.45, 7) is 0. The van der Waals surface area contributed by atoms with Crippen LogP contribution in [-0.4, -0.2) is 19.9 Å². The van der Waals surface area contributed by atoms with Gasteiger partial charge in [-0.3, -0.25) is 9.97 Å². The van der Waals surface area contributed by atoms with Gasteiger partial charge in [0.05, 0.1) is 11.0 Å². The molecule has 1 heterocycles. The van der Waals surface area contributed by atoms with Gasteiger partial charge in [0.25, 0.3) is 0 Å². The average Bonchev–Trinajstić information content (AvgIpc) is 2.88. The third kappa shape index (κ3) is 4.69. The van der Waals surface area contributed by atoms with Gasteiger partial charge in [0, 0.05) is 57.3 Å². The number of nitrogens with one attached hydrogen (secondary N) is 2. The zero-order valence-corrected chi connectivity index (χ0v) is 21.5. The number of hydrogen-bond donors (Lipinski definition) is 2. The van der Waals surface area contributed by atoms with E-state index in [1.165, 1.54) is 0 Å². The highest BCUT2D eigenvalue weighted by molar-refractivity contribution is 9.08. The summed E-state index contributed by atoms with van der Waals surface area (Å²) >= 11 is 7.21. The molecule has 0 aliphatic rings. The highest BCUT2D eigenvalue weighted by atomic mass is 79.9. The van der Waals surface area contributed by atoms with Gasteiger partial charge in [0.15, 0.2) is 0 Å². The van der Waals surface area contributed by atoms with Crippen molar-refractivity contribution in [2.24, 2.45) is 0 Å². The first kappa shape index (κ1) is 22.6. The Morgan fingerprint density at radius 2 is 1.00 bits per heavy atom. The summed E-state index contributed by atoms with van der Waals surface area (Å²) in [5.74, 6) is 0. The van der Waals surface area contributed by atoms with E-state index in [0.717, 1.165) is 54.7 Å². The molecule has 0 saturated heterocycles. The fourth-order valence-corrected chi connectivity index (χ4v) is 4.58. The first-order valence-electron chi connectivity index (χ1n) is 10.9. The predicted molar refractivity (Wildman–Crippen MR) is 150 cm³/mol. The van der Waals surface area contributed by atoms with Gasteiger partial charge in [-0.2, -0.15) is 0 Å². The zero-order chi connectivity index (χ0) is 23.3. The first-order chi connectivity index (χ1) is 16.8. The van der Waals surface area contributed by atoms with E-state index >= 15 is 0 Å². The lowest BCUT2D eigenvalue weighted by Gasteiger charge is -2.03. The molecule has 0 radical (unpaired) electrons. The van der Waals surface area contributed by atoms with Crippen molar-refractivity contribution < 1.29 is 0 Å². The van der Waals surface area contributed by atoms with Gasteiger partial charge < -0.3 is 9.97 Å². The monoisotopic (exact) mass is 572 g/mol. The minimum Gasteiger partial charge on any atom is -0.361 e. The van der Waals surface area contributed by atoms with Gasteiger partial charge >= 0.3 is 0 Å². The Morgan fingerprint density at radius 3 is 1.47 bits per heavy atom. The lowest BCUT2D eigenvalue weighted by Crippen LogP contribution is -1.85. The minimum absolute atomic E-state index is 0.673. The normalized spacial score (nSPS) is 10.9. The SMILES string of the molecule is BrCc1cnc2cccc3cccc(ncc(CBr)c[nH]c4cccc5cccc([nH]c1)c54)c32. The van der Waals surface area contributed by atoms with E-state index in [0.29, 0.717) is 10.7 Å². The van der Waals surface area contributed by atoms with E-state index < -0.39 is 0 Å². The number of aromatic amines is 2. The lowest BCUT2D eigenvalue weighted by molar-refractivity contribution is 1.27. The molecule has 0 saturated carbocycles. The summed E-state index contributed by atoms with van der Waals surface area (Å²) < 4.78 is 0. The Bertz CT molecular complexity index is 1420. The number of alkyl halides is 2. The van der Waals surface area contributed by atoms with E-state index in [1.54, 1.807) is 0 Å². The van der Waals surface area contributed by atoms with Crippen molar-refractivity contribution in [2.45, 2.75) is 10.7 Å². The molecule has 34 heavy (non-hydrogen) atoms. The maximum Gasteiger partial charge on any atom is 0.0729 e. The van der Waals surface area contributed by atoms with Crippen LogP contribution in [-0.2, 0) is 10.7 Å². The van der Waals surface area contributed by atoms with E-state index in [9.17, 15) is 0 Å². The lowest BCUT2D eigenvalue weighted by atomic mass is 10.1. The molecular weight excluding hydrogens is 552 g/mol. The quantitative estimate of drug-likeness (QED) is 0.208. The minimum atomic E-state index is 0.673. The second-order valence-electron chi connectivity index (χ2n) is 7.87. The van der Waals surface area contributed by atoms with Crippen molar-refractivity contribution in [2.75, 3.05) is 0 Å². The third-order valence-electron chi connectivity index (χ3n) is 5.64. The first-order valence-corrected chi connectivity index (χ1v) is 13.2. The van der Waals surface area contributed by atoms with Crippen LogP contribution in [0.2, 0.25) is 0 Å². The van der Waals surface area contributed by atoms with E-state index in [2.05, 4.69) is 90.4 Å². The van der Waals surface area contributed by atoms with Gasteiger partial charge in [0.2, 0.25) is 0 Å². The van der Waals surface area contributed by atoms with Crippen LogP contribution < -0.4 is 0 Å². The Balaban J connectivity index is 1.95. The third-order valence-corrected chi connectivity index (χ3v) is 6.93. The van der Waals surface area contributed by atoms with Crippen LogP contribution >= 0.6 is 31.9 Å². The molecular formula is C28H22Br2N4. The fourth-order valence-electron chi connectivity index (χ4n) is 3.96. The van der Waals surface area contributed by atoms with Crippen LogP contribution in [0.4, 0.5) is 0 Å². The van der Waals surface area contributed by atoms with Crippen LogP contribution in [0.5, 0.6) is 0 Å². The van der Waals surface area contributed by atoms with Crippen molar-refractivity contribution >= 4 is 75.5 Å². The predicted octanol–water partition coefficient (Wildman–Crippen LogP) is 8.35. The number of H-pyrrole nitrogens is 2. The molecule has 5 rings (SSSR count). The van der Waals surface area contributed by atoms with Crippen LogP contribution in [0.25, 0.3) is 43.6 Å². The maximum absolute atomic E-state index is 4.85. The Kier molecular flexibility index (Phi) is 6.88. The van der Waals surface area contributed by atoms with E-state index in [1.807, 2.05) is 49.1 Å². The zero-order valence-electron chi connectivity index (χ0n) is 18.3. The summed E-state index contributed by atoms with van der Waals surface area (Å²) in [5, 5.41) is 5.76. The standard InChI is InChI=1S/C28H22Br2N4/c29-13-19-15-31-23-9-1-5-21-6-2-10-24(27(21)23)32-17-20(14-30)18-34-26-12-4-8-22-7-3-11-25(28(22)26)33-16-19/h1-12,15-18,31-32H,13-14H2. The second kappa shape index (κ2) is 10.4. The molecule has 0 fully saturated rings. The molecule has 168 valence electrons. The number of aromatic nitrogens is 4. The van der Waals surface area contributed by atoms with Crippen molar-refractivity contribution in [3.8, 4) is 0 Å². The average molecular weight is 574 g/mol. The van der Waals surface area contributed by atoms with Gasteiger partial charge in [-0.05, 0) is 46.2 Å².